The molecule has 1 saturated carbocycles. The number of carbonyl (C=O) groups is 3. The third kappa shape index (κ3) is 4.72. The predicted molar refractivity (Wildman–Crippen MR) is 76.5 cm³/mol. The smallest absolute Gasteiger partial charge is 0.307 e. The van der Waals surface area contributed by atoms with Gasteiger partial charge >= 0.3 is 11.9 Å². The van der Waals surface area contributed by atoms with Crippen LogP contribution in [-0.2, 0) is 19.1 Å². The summed E-state index contributed by atoms with van der Waals surface area (Å²) in [6.45, 7) is 4.32. The van der Waals surface area contributed by atoms with Gasteiger partial charge in [-0.3, -0.25) is 14.4 Å². The van der Waals surface area contributed by atoms with Gasteiger partial charge in [0, 0.05) is 13.6 Å². The van der Waals surface area contributed by atoms with E-state index in [9.17, 15) is 19.5 Å². The van der Waals surface area contributed by atoms with E-state index in [4.69, 9.17) is 4.74 Å². The summed E-state index contributed by atoms with van der Waals surface area (Å²) < 4.78 is 4.82. The summed E-state index contributed by atoms with van der Waals surface area (Å²) in [5.41, 5.74) is 0. The van der Waals surface area contributed by atoms with Crippen LogP contribution in [0.4, 0.5) is 0 Å². The summed E-state index contributed by atoms with van der Waals surface area (Å²) in [5.74, 6) is -2.21. The van der Waals surface area contributed by atoms with E-state index in [1.807, 2.05) is 6.92 Å². The molecular weight excluding hydrogens is 274 g/mol. The second-order valence-corrected chi connectivity index (χ2v) is 5.61. The first kappa shape index (κ1) is 17.5. The number of rotatable bonds is 7. The molecule has 0 heterocycles. The maximum absolute atomic E-state index is 12.4. The van der Waals surface area contributed by atoms with E-state index < -0.39 is 17.8 Å². The summed E-state index contributed by atoms with van der Waals surface area (Å²) in [7, 11) is 1.61. The molecule has 1 aliphatic rings. The van der Waals surface area contributed by atoms with E-state index in [1.54, 1.807) is 14.0 Å². The number of esters is 1. The molecule has 0 aromatic heterocycles. The molecule has 21 heavy (non-hydrogen) atoms. The van der Waals surface area contributed by atoms with E-state index >= 15 is 0 Å². The number of hydrogen-bond acceptors (Lipinski definition) is 4. The first-order valence-corrected chi connectivity index (χ1v) is 7.54. The molecule has 3 atom stereocenters. The standard InChI is InChI=1S/C15H25NO5/c1-4-10-8-11(12(9-10)15(19)20)14(18)16(3)7-6-13(17)21-5-2/h10-12H,4-9H2,1-3H3,(H,19,20). The second kappa shape index (κ2) is 8.00. The van der Waals surface area contributed by atoms with E-state index in [2.05, 4.69) is 0 Å². The van der Waals surface area contributed by atoms with Gasteiger partial charge in [-0.2, -0.15) is 0 Å². The fourth-order valence-corrected chi connectivity index (χ4v) is 2.91. The Morgan fingerprint density at radius 2 is 1.81 bits per heavy atom. The highest BCUT2D eigenvalue weighted by atomic mass is 16.5. The zero-order valence-electron chi connectivity index (χ0n) is 13.0. The van der Waals surface area contributed by atoms with Gasteiger partial charge in [0.15, 0.2) is 0 Å². The van der Waals surface area contributed by atoms with Gasteiger partial charge in [-0.15, -0.1) is 0 Å². The van der Waals surface area contributed by atoms with Crippen LogP contribution in [0, 0.1) is 17.8 Å². The molecule has 1 aliphatic carbocycles. The molecule has 3 unspecified atom stereocenters. The van der Waals surface area contributed by atoms with Crippen molar-refractivity contribution in [3.8, 4) is 0 Å². The molecule has 120 valence electrons. The fraction of sp³-hybridized carbons (Fsp3) is 0.800. The van der Waals surface area contributed by atoms with Crippen LogP contribution in [0.15, 0.2) is 0 Å². The third-order valence-corrected chi connectivity index (χ3v) is 4.20. The van der Waals surface area contributed by atoms with Crippen molar-refractivity contribution in [1.82, 2.24) is 4.90 Å². The van der Waals surface area contributed by atoms with Gasteiger partial charge in [-0.25, -0.2) is 0 Å². The summed E-state index contributed by atoms with van der Waals surface area (Å²) >= 11 is 0. The van der Waals surface area contributed by atoms with Crippen molar-refractivity contribution in [2.75, 3.05) is 20.2 Å². The van der Waals surface area contributed by atoms with Gasteiger partial charge in [-0.1, -0.05) is 13.3 Å². The maximum Gasteiger partial charge on any atom is 0.307 e. The number of aliphatic carboxylic acids is 1. The minimum atomic E-state index is -0.900. The number of ether oxygens (including phenoxy) is 1. The van der Waals surface area contributed by atoms with Crippen molar-refractivity contribution in [1.29, 1.82) is 0 Å². The Kier molecular flexibility index (Phi) is 6.65. The third-order valence-electron chi connectivity index (χ3n) is 4.20. The van der Waals surface area contributed by atoms with Gasteiger partial charge in [0.25, 0.3) is 0 Å². The maximum atomic E-state index is 12.4. The molecule has 6 nitrogen and oxygen atoms in total. The second-order valence-electron chi connectivity index (χ2n) is 5.61. The minimum absolute atomic E-state index is 0.137. The molecular formula is C15H25NO5. The quantitative estimate of drug-likeness (QED) is 0.721. The van der Waals surface area contributed by atoms with Gasteiger partial charge in [0.05, 0.1) is 24.9 Å². The molecule has 0 aromatic rings. The molecule has 0 saturated heterocycles. The molecule has 6 heteroatoms. The molecule has 1 fully saturated rings. The van der Waals surface area contributed by atoms with E-state index in [1.165, 1.54) is 4.90 Å². The van der Waals surface area contributed by atoms with E-state index in [-0.39, 0.29) is 24.8 Å². The summed E-state index contributed by atoms with van der Waals surface area (Å²) in [6.07, 6.45) is 2.21. The van der Waals surface area contributed by atoms with Crippen molar-refractivity contribution in [2.45, 2.75) is 39.5 Å². The lowest BCUT2D eigenvalue weighted by molar-refractivity contribution is -0.149. The molecule has 0 aromatic carbocycles. The first-order valence-electron chi connectivity index (χ1n) is 7.54. The Morgan fingerprint density at radius 1 is 1.19 bits per heavy atom. The van der Waals surface area contributed by atoms with E-state index in [0.29, 0.717) is 25.4 Å². The predicted octanol–water partition coefficient (Wildman–Crippen LogP) is 1.54. The van der Waals surface area contributed by atoms with Crippen molar-refractivity contribution in [3.05, 3.63) is 0 Å². The monoisotopic (exact) mass is 299 g/mol. The average molecular weight is 299 g/mol. The normalized spacial score (nSPS) is 24.6. The number of nitrogens with zero attached hydrogens (tertiary/aromatic N) is 1. The molecule has 0 bridgehead atoms. The Hall–Kier alpha value is -1.59. The molecule has 1 rings (SSSR count). The van der Waals surface area contributed by atoms with Crippen LogP contribution >= 0.6 is 0 Å². The lowest BCUT2D eigenvalue weighted by atomic mass is 9.95. The summed E-state index contributed by atoms with van der Waals surface area (Å²) in [5, 5.41) is 9.27. The van der Waals surface area contributed by atoms with E-state index in [0.717, 1.165) is 6.42 Å². The Labute approximate surface area is 125 Å². The Balaban J connectivity index is 2.59. The first-order chi connectivity index (χ1) is 9.90. The fourth-order valence-electron chi connectivity index (χ4n) is 2.91. The van der Waals surface area contributed by atoms with Crippen LogP contribution in [0.2, 0.25) is 0 Å². The molecule has 0 aliphatic heterocycles. The Morgan fingerprint density at radius 3 is 2.33 bits per heavy atom. The van der Waals surface area contributed by atoms with Gasteiger partial charge in [0.2, 0.25) is 5.91 Å². The lowest BCUT2D eigenvalue weighted by Gasteiger charge is -2.23. The molecule has 0 spiro atoms. The zero-order valence-corrected chi connectivity index (χ0v) is 13.0. The van der Waals surface area contributed by atoms with Crippen LogP contribution < -0.4 is 0 Å². The topological polar surface area (TPSA) is 83.9 Å². The van der Waals surface area contributed by atoms with Gasteiger partial charge in [0.1, 0.15) is 0 Å². The largest absolute Gasteiger partial charge is 0.481 e. The summed E-state index contributed by atoms with van der Waals surface area (Å²) in [4.78, 5) is 36.5. The van der Waals surface area contributed by atoms with Crippen LogP contribution in [0.3, 0.4) is 0 Å². The highest BCUT2D eigenvalue weighted by molar-refractivity contribution is 5.85. The molecule has 1 N–H and O–H groups in total. The summed E-state index contributed by atoms with van der Waals surface area (Å²) in [6, 6.07) is 0. The van der Waals surface area contributed by atoms with Gasteiger partial charge < -0.3 is 14.7 Å². The number of carboxylic acids is 1. The van der Waals surface area contributed by atoms with Crippen molar-refractivity contribution in [2.24, 2.45) is 17.8 Å². The van der Waals surface area contributed by atoms with Crippen LogP contribution in [-0.4, -0.2) is 48.1 Å². The lowest BCUT2D eigenvalue weighted by Crippen LogP contribution is -2.38. The molecule has 0 radical (unpaired) electrons. The van der Waals surface area contributed by atoms with Crippen molar-refractivity contribution >= 4 is 17.8 Å². The van der Waals surface area contributed by atoms with Crippen molar-refractivity contribution in [3.63, 3.8) is 0 Å². The van der Waals surface area contributed by atoms with Crippen LogP contribution in [0.25, 0.3) is 0 Å². The van der Waals surface area contributed by atoms with Crippen LogP contribution in [0.1, 0.15) is 39.5 Å². The Bertz CT molecular complexity index is 396. The minimum Gasteiger partial charge on any atom is -0.481 e. The van der Waals surface area contributed by atoms with Crippen LogP contribution in [0.5, 0.6) is 0 Å². The average Bonchev–Trinajstić information content (AvgIpc) is 2.88. The van der Waals surface area contributed by atoms with Crippen molar-refractivity contribution < 1.29 is 24.2 Å². The number of carbonyl (C=O) groups excluding carboxylic acids is 2. The highest BCUT2D eigenvalue weighted by Crippen LogP contribution is 2.39. The highest BCUT2D eigenvalue weighted by Gasteiger charge is 2.43. The number of amides is 1. The van der Waals surface area contributed by atoms with Gasteiger partial charge in [-0.05, 0) is 25.7 Å². The number of carboxylic acid groups (broad SMARTS) is 1. The SMILES string of the molecule is CCOC(=O)CCN(C)C(=O)C1CC(CC)CC1C(=O)O. The molecule has 1 amide bonds. The number of hydrogen-bond donors (Lipinski definition) is 1. The zero-order chi connectivity index (χ0) is 16.0.